The lowest BCUT2D eigenvalue weighted by molar-refractivity contribution is 0.147. The first-order valence-electron chi connectivity index (χ1n) is 8.59. The van der Waals surface area contributed by atoms with Gasteiger partial charge in [-0.25, -0.2) is 0 Å². The Bertz CT molecular complexity index is 314. The highest BCUT2D eigenvalue weighted by Crippen LogP contribution is 2.13. The fourth-order valence-corrected chi connectivity index (χ4v) is 3.07. The lowest BCUT2D eigenvalue weighted by Crippen LogP contribution is -2.06. The van der Waals surface area contributed by atoms with Crippen molar-refractivity contribution in [2.24, 2.45) is 0 Å². The first-order chi connectivity index (χ1) is 9.95. The molecule has 0 aliphatic rings. The maximum atomic E-state index is 10.5. The average Bonchev–Trinajstić information content (AvgIpc) is 2.40. The van der Waals surface area contributed by atoms with Crippen molar-refractivity contribution in [1.82, 2.24) is 0 Å². The average molecular weight is 323 g/mol. The van der Waals surface area contributed by atoms with Crippen molar-refractivity contribution in [3.8, 4) is 0 Å². The predicted molar refractivity (Wildman–Crippen MR) is 88.1 cm³/mol. The molecular weight excluding hydrogens is 288 g/mol. The summed E-state index contributed by atoms with van der Waals surface area (Å²) in [7, 11) is -3.78. The van der Waals surface area contributed by atoms with Crippen molar-refractivity contribution in [1.29, 1.82) is 0 Å². The summed E-state index contributed by atoms with van der Waals surface area (Å²) in [6.07, 6.45) is 13.5. The van der Waals surface area contributed by atoms with Gasteiger partial charge in [-0.1, -0.05) is 71.1 Å². The second kappa shape index (κ2) is 13.5. The molecule has 0 radical (unpaired) electrons. The summed E-state index contributed by atoms with van der Waals surface area (Å²) in [5.74, 6) is -0.121. The van der Waals surface area contributed by atoms with Crippen LogP contribution >= 0.6 is 0 Å². The molecule has 0 fully saturated rings. The minimum Gasteiger partial charge on any atom is -0.393 e. The molecule has 0 aliphatic heterocycles. The van der Waals surface area contributed by atoms with Crippen LogP contribution in [0.4, 0.5) is 0 Å². The Labute approximate surface area is 131 Å². The number of hydrogen-bond acceptors (Lipinski definition) is 3. The Kier molecular flexibility index (Phi) is 13.4. The molecule has 0 aliphatic carbocycles. The maximum Gasteiger partial charge on any atom is 0.264 e. The van der Waals surface area contributed by atoms with Crippen LogP contribution in [0.5, 0.6) is 0 Å². The fraction of sp³-hybridized carbons (Fsp3) is 1.00. The van der Waals surface area contributed by atoms with Crippen molar-refractivity contribution in [2.75, 3.05) is 5.75 Å². The Morgan fingerprint density at radius 3 is 1.67 bits per heavy atom. The van der Waals surface area contributed by atoms with Gasteiger partial charge in [-0.15, -0.1) is 0 Å². The van der Waals surface area contributed by atoms with Gasteiger partial charge in [0, 0.05) is 0 Å². The van der Waals surface area contributed by atoms with Gasteiger partial charge in [0.1, 0.15) is 0 Å². The minimum absolute atomic E-state index is 0.121. The third-order valence-electron chi connectivity index (χ3n) is 3.83. The second-order valence-electron chi connectivity index (χ2n) is 6.05. The molecule has 0 saturated carbocycles. The summed E-state index contributed by atoms with van der Waals surface area (Å²) in [5, 5.41) is 9.84. The van der Waals surface area contributed by atoms with Crippen LogP contribution in [0.1, 0.15) is 90.4 Å². The van der Waals surface area contributed by atoms with Crippen molar-refractivity contribution in [3.63, 3.8) is 0 Å². The smallest absolute Gasteiger partial charge is 0.264 e. The van der Waals surface area contributed by atoms with Crippen molar-refractivity contribution in [2.45, 2.75) is 96.5 Å². The van der Waals surface area contributed by atoms with Gasteiger partial charge >= 0.3 is 0 Å². The molecule has 0 heterocycles. The van der Waals surface area contributed by atoms with Crippen LogP contribution in [0.2, 0.25) is 0 Å². The SMILES string of the molecule is CCCCCCCC(O)CCCCCCCCS(=O)(=O)O. The number of hydrogen-bond donors (Lipinski definition) is 2. The third kappa shape index (κ3) is 17.8. The molecule has 4 nitrogen and oxygen atoms in total. The van der Waals surface area contributed by atoms with E-state index in [1.165, 1.54) is 25.7 Å². The highest BCUT2D eigenvalue weighted by Gasteiger charge is 2.05. The van der Waals surface area contributed by atoms with Crippen LogP contribution in [0.3, 0.4) is 0 Å². The van der Waals surface area contributed by atoms with Crippen LogP contribution in [-0.4, -0.2) is 29.9 Å². The number of rotatable bonds is 15. The quantitative estimate of drug-likeness (QED) is 0.348. The summed E-state index contributed by atoms with van der Waals surface area (Å²) >= 11 is 0. The summed E-state index contributed by atoms with van der Waals surface area (Å²) < 4.78 is 29.6. The van der Waals surface area contributed by atoms with Crippen LogP contribution in [0.25, 0.3) is 0 Å². The second-order valence-corrected chi connectivity index (χ2v) is 7.62. The Balaban J connectivity index is 3.23. The van der Waals surface area contributed by atoms with E-state index in [9.17, 15) is 13.5 Å². The molecule has 128 valence electrons. The highest BCUT2D eigenvalue weighted by atomic mass is 32.2. The molecule has 0 rings (SSSR count). The topological polar surface area (TPSA) is 74.6 Å². The first kappa shape index (κ1) is 20.9. The summed E-state index contributed by atoms with van der Waals surface area (Å²) in [4.78, 5) is 0. The van der Waals surface area contributed by atoms with Crippen LogP contribution in [0, 0.1) is 0 Å². The van der Waals surface area contributed by atoms with E-state index in [4.69, 9.17) is 4.55 Å². The largest absolute Gasteiger partial charge is 0.393 e. The number of unbranched alkanes of at least 4 members (excludes halogenated alkanes) is 9. The van der Waals surface area contributed by atoms with Crippen molar-refractivity contribution < 1.29 is 18.1 Å². The van der Waals surface area contributed by atoms with Gasteiger partial charge < -0.3 is 5.11 Å². The molecule has 0 aromatic heterocycles. The molecule has 0 bridgehead atoms. The zero-order chi connectivity index (χ0) is 16.0. The normalized spacial score (nSPS) is 13.5. The van der Waals surface area contributed by atoms with Crippen molar-refractivity contribution >= 4 is 10.1 Å². The van der Waals surface area contributed by atoms with Gasteiger partial charge in [0.05, 0.1) is 11.9 Å². The van der Waals surface area contributed by atoms with Crippen LogP contribution in [-0.2, 0) is 10.1 Å². The summed E-state index contributed by atoms with van der Waals surface area (Å²) in [5.41, 5.74) is 0. The number of aliphatic hydroxyl groups is 1. The van der Waals surface area contributed by atoms with Gasteiger partial charge in [0.25, 0.3) is 10.1 Å². The lowest BCUT2D eigenvalue weighted by atomic mass is 10.0. The zero-order valence-corrected chi connectivity index (χ0v) is 14.4. The maximum absolute atomic E-state index is 10.5. The molecule has 0 amide bonds. The van der Waals surface area contributed by atoms with E-state index in [2.05, 4.69) is 6.92 Å². The molecular formula is C16H34O4S. The predicted octanol–water partition coefficient (Wildman–Crippen LogP) is 4.33. The molecule has 1 atom stereocenters. The van der Waals surface area contributed by atoms with E-state index >= 15 is 0 Å². The molecule has 2 N–H and O–H groups in total. The van der Waals surface area contributed by atoms with Gasteiger partial charge in [0.15, 0.2) is 0 Å². The van der Waals surface area contributed by atoms with Gasteiger partial charge in [-0.3, -0.25) is 4.55 Å². The molecule has 0 aromatic carbocycles. The van der Waals surface area contributed by atoms with E-state index in [0.29, 0.717) is 6.42 Å². The molecule has 21 heavy (non-hydrogen) atoms. The Morgan fingerprint density at radius 1 is 0.762 bits per heavy atom. The zero-order valence-electron chi connectivity index (χ0n) is 13.6. The van der Waals surface area contributed by atoms with E-state index in [0.717, 1.165) is 51.4 Å². The van der Waals surface area contributed by atoms with Gasteiger partial charge in [-0.05, 0) is 19.3 Å². The van der Waals surface area contributed by atoms with E-state index in [1.54, 1.807) is 0 Å². The first-order valence-corrected chi connectivity index (χ1v) is 10.2. The molecule has 5 heteroatoms. The highest BCUT2D eigenvalue weighted by molar-refractivity contribution is 7.85. The van der Waals surface area contributed by atoms with E-state index < -0.39 is 10.1 Å². The van der Waals surface area contributed by atoms with Crippen LogP contribution in [0.15, 0.2) is 0 Å². The molecule has 0 spiro atoms. The summed E-state index contributed by atoms with van der Waals surface area (Å²) in [6.45, 7) is 2.21. The standard InChI is InChI=1S/C16H34O4S/c1-2-3-4-7-10-13-16(17)14-11-8-5-6-9-12-15-21(18,19)20/h16-17H,2-15H2,1H3,(H,18,19,20). The summed E-state index contributed by atoms with van der Waals surface area (Å²) in [6, 6.07) is 0. The van der Waals surface area contributed by atoms with Gasteiger partial charge in [-0.2, -0.15) is 8.42 Å². The Hall–Kier alpha value is -0.130. The molecule has 0 saturated heterocycles. The fourth-order valence-electron chi connectivity index (χ4n) is 2.50. The van der Waals surface area contributed by atoms with Crippen LogP contribution < -0.4 is 0 Å². The molecule has 0 aromatic rings. The van der Waals surface area contributed by atoms with Gasteiger partial charge in [0.2, 0.25) is 0 Å². The van der Waals surface area contributed by atoms with E-state index in [1.807, 2.05) is 0 Å². The van der Waals surface area contributed by atoms with E-state index in [-0.39, 0.29) is 11.9 Å². The third-order valence-corrected chi connectivity index (χ3v) is 4.64. The number of aliphatic hydroxyl groups excluding tert-OH is 1. The molecule has 1 unspecified atom stereocenters. The minimum atomic E-state index is -3.78. The Morgan fingerprint density at radius 2 is 1.19 bits per heavy atom. The monoisotopic (exact) mass is 322 g/mol. The lowest BCUT2D eigenvalue weighted by Gasteiger charge is -2.10. The van der Waals surface area contributed by atoms with Crippen molar-refractivity contribution in [3.05, 3.63) is 0 Å².